The third kappa shape index (κ3) is 4.86. The van der Waals surface area contributed by atoms with Gasteiger partial charge in [-0.25, -0.2) is 4.79 Å². The molecule has 2 heterocycles. The molecule has 5 heteroatoms. The lowest BCUT2D eigenvalue weighted by atomic mass is 10.0. The molecule has 1 N–H and O–H groups in total. The number of rotatable bonds is 7. The second-order valence-corrected chi connectivity index (χ2v) is 5.61. The van der Waals surface area contributed by atoms with Crippen LogP contribution in [0.3, 0.4) is 0 Å². The molecule has 118 valence electrons. The summed E-state index contributed by atoms with van der Waals surface area (Å²) in [5.41, 5.74) is 0. The number of piperidine rings is 1. The third-order valence-corrected chi connectivity index (χ3v) is 4.03. The molecule has 21 heavy (non-hydrogen) atoms. The zero-order chi connectivity index (χ0) is 15.1. The molecule has 1 aliphatic heterocycles. The first-order valence-electron chi connectivity index (χ1n) is 7.85. The van der Waals surface area contributed by atoms with Gasteiger partial charge in [-0.15, -0.1) is 0 Å². The van der Waals surface area contributed by atoms with Gasteiger partial charge in [0.25, 0.3) is 0 Å². The van der Waals surface area contributed by atoms with Crippen LogP contribution in [0.15, 0.2) is 16.5 Å². The highest BCUT2D eigenvalue weighted by Crippen LogP contribution is 2.13. The summed E-state index contributed by atoms with van der Waals surface area (Å²) >= 11 is 0. The van der Waals surface area contributed by atoms with Crippen LogP contribution in [0.4, 0.5) is 0 Å². The van der Waals surface area contributed by atoms with Crippen molar-refractivity contribution < 1.29 is 13.9 Å². The molecule has 1 aromatic heterocycles. The van der Waals surface area contributed by atoms with Gasteiger partial charge in [0.15, 0.2) is 0 Å². The molecule has 2 rings (SSSR count). The van der Waals surface area contributed by atoms with Crippen molar-refractivity contribution in [2.75, 3.05) is 26.7 Å². The molecule has 1 aromatic rings. The number of carbonyl (C=O) groups is 1. The predicted octanol–water partition coefficient (Wildman–Crippen LogP) is 2.42. The normalized spacial score (nSPS) is 17.0. The van der Waals surface area contributed by atoms with Crippen LogP contribution in [0.2, 0.25) is 0 Å². The van der Waals surface area contributed by atoms with Crippen molar-refractivity contribution in [3.63, 3.8) is 0 Å². The van der Waals surface area contributed by atoms with Gasteiger partial charge in [0.05, 0.1) is 13.7 Å². The summed E-state index contributed by atoms with van der Waals surface area (Å²) in [5, 5.41) is 3.51. The van der Waals surface area contributed by atoms with E-state index >= 15 is 0 Å². The lowest BCUT2D eigenvalue weighted by Crippen LogP contribution is -2.42. The van der Waals surface area contributed by atoms with Crippen LogP contribution in [0, 0.1) is 0 Å². The molecule has 1 saturated heterocycles. The zero-order valence-electron chi connectivity index (χ0n) is 13.1. The summed E-state index contributed by atoms with van der Waals surface area (Å²) in [6, 6.07) is 4.03. The number of esters is 1. The highest BCUT2D eigenvalue weighted by atomic mass is 16.5. The van der Waals surface area contributed by atoms with Crippen molar-refractivity contribution in [1.29, 1.82) is 0 Å². The average Bonchev–Trinajstić information content (AvgIpc) is 3.00. The molecule has 0 bridgehead atoms. The van der Waals surface area contributed by atoms with Gasteiger partial charge in [-0.1, -0.05) is 13.3 Å². The zero-order valence-corrected chi connectivity index (χ0v) is 13.1. The van der Waals surface area contributed by atoms with Gasteiger partial charge in [0.2, 0.25) is 5.76 Å². The number of nitrogens with one attached hydrogen (secondary N) is 1. The van der Waals surface area contributed by atoms with E-state index in [4.69, 9.17) is 4.42 Å². The molecule has 1 aliphatic rings. The first-order valence-corrected chi connectivity index (χ1v) is 7.85. The Morgan fingerprint density at radius 3 is 2.86 bits per heavy atom. The predicted molar refractivity (Wildman–Crippen MR) is 81.3 cm³/mol. The largest absolute Gasteiger partial charge is 0.463 e. The van der Waals surface area contributed by atoms with Gasteiger partial charge in [-0.2, -0.15) is 0 Å². The lowest BCUT2D eigenvalue weighted by Gasteiger charge is -2.32. The van der Waals surface area contributed by atoms with E-state index in [1.165, 1.54) is 52.4 Å². The number of nitrogens with zero attached hydrogens (tertiary/aromatic N) is 1. The lowest BCUT2D eigenvalue weighted by molar-refractivity contribution is 0.0562. The van der Waals surface area contributed by atoms with Crippen LogP contribution < -0.4 is 5.32 Å². The Labute approximate surface area is 126 Å². The van der Waals surface area contributed by atoms with Crippen LogP contribution in [0.1, 0.15) is 48.9 Å². The van der Waals surface area contributed by atoms with E-state index in [2.05, 4.69) is 21.9 Å². The summed E-state index contributed by atoms with van der Waals surface area (Å²) in [4.78, 5) is 13.9. The molecule has 0 saturated carbocycles. The Morgan fingerprint density at radius 2 is 2.19 bits per heavy atom. The van der Waals surface area contributed by atoms with Crippen molar-refractivity contribution in [2.24, 2.45) is 0 Å². The number of likely N-dealkylation sites (tertiary alicyclic amines) is 1. The second kappa shape index (κ2) is 8.20. The molecule has 0 atom stereocenters. The van der Waals surface area contributed by atoms with Crippen LogP contribution in [-0.2, 0) is 11.3 Å². The summed E-state index contributed by atoms with van der Waals surface area (Å²) in [6.07, 6.45) is 4.91. The molecule has 0 amide bonds. The number of hydrogen-bond donors (Lipinski definition) is 1. The summed E-state index contributed by atoms with van der Waals surface area (Å²) in [6.45, 7) is 6.47. The quantitative estimate of drug-likeness (QED) is 0.783. The molecule has 0 radical (unpaired) electrons. The molecule has 0 spiro atoms. The molecular weight excluding hydrogens is 268 g/mol. The smallest absolute Gasteiger partial charge is 0.373 e. The number of methoxy groups -OCH3 is 1. The Kier molecular flexibility index (Phi) is 6.26. The highest BCUT2D eigenvalue weighted by Gasteiger charge is 2.19. The van der Waals surface area contributed by atoms with Crippen LogP contribution in [0.25, 0.3) is 0 Å². The van der Waals surface area contributed by atoms with Gasteiger partial charge >= 0.3 is 5.97 Å². The van der Waals surface area contributed by atoms with Gasteiger partial charge in [-0.3, -0.25) is 0 Å². The van der Waals surface area contributed by atoms with Gasteiger partial charge < -0.3 is 19.4 Å². The summed E-state index contributed by atoms with van der Waals surface area (Å²) in [5.74, 6) is 0.623. The van der Waals surface area contributed by atoms with Gasteiger partial charge in [0.1, 0.15) is 5.76 Å². The molecule has 1 fully saturated rings. The molecule has 5 nitrogen and oxygen atoms in total. The Morgan fingerprint density at radius 1 is 1.43 bits per heavy atom. The molecular formula is C16H26N2O3. The first-order chi connectivity index (χ1) is 10.2. The molecule has 0 aliphatic carbocycles. The number of carbonyl (C=O) groups excluding carboxylic acids is 1. The van der Waals surface area contributed by atoms with E-state index in [9.17, 15) is 4.79 Å². The minimum absolute atomic E-state index is 0.267. The van der Waals surface area contributed by atoms with Crippen molar-refractivity contribution in [1.82, 2.24) is 10.2 Å². The fourth-order valence-corrected chi connectivity index (χ4v) is 2.67. The fraction of sp³-hybridized carbons (Fsp3) is 0.688. The van der Waals surface area contributed by atoms with Crippen molar-refractivity contribution >= 4 is 5.97 Å². The van der Waals surface area contributed by atoms with E-state index in [0.717, 1.165) is 5.76 Å². The number of ether oxygens (including phenoxy) is 1. The van der Waals surface area contributed by atoms with E-state index < -0.39 is 5.97 Å². The Hall–Kier alpha value is -1.33. The van der Waals surface area contributed by atoms with Crippen LogP contribution in [0.5, 0.6) is 0 Å². The number of hydrogen-bond acceptors (Lipinski definition) is 5. The third-order valence-electron chi connectivity index (χ3n) is 4.03. The number of unbranched alkanes of at least 4 members (excludes halogenated alkanes) is 1. The van der Waals surface area contributed by atoms with E-state index in [-0.39, 0.29) is 5.76 Å². The van der Waals surface area contributed by atoms with Crippen LogP contribution in [-0.4, -0.2) is 43.7 Å². The monoisotopic (exact) mass is 294 g/mol. The average molecular weight is 294 g/mol. The summed E-state index contributed by atoms with van der Waals surface area (Å²) in [7, 11) is 1.36. The standard InChI is InChI=1S/C16H26N2O3/c1-3-4-9-18-10-7-13(8-11-18)17-12-14-5-6-15(21-14)16(19)20-2/h5-6,13,17H,3-4,7-12H2,1-2H3. The van der Waals surface area contributed by atoms with Gasteiger partial charge in [-0.05, 0) is 51.0 Å². The SMILES string of the molecule is CCCCN1CCC(NCc2ccc(C(=O)OC)o2)CC1. The number of furan rings is 1. The van der Waals surface area contributed by atoms with Crippen molar-refractivity contribution in [3.8, 4) is 0 Å². The van der Waals surface area contributed by atoms with Crippen molar-refractivity contribution in [3.05, 3.63) is 23.7 Å². The first kappa shape index (κ1) is 16.0. The summed E-state index contributed by atoms with van der Waals surface area (Å²) < 4.78 is 10.1. The fourth-order valence-electron chi connectivity index (χ4n) is 2.67. The highest BCUT2D eigenvalue weighted by molar-refractivity contribution is 5.86. The maximum absolute atomic E-state index is 11.3. The molecule has 0 aromatic carbocycles. The second-order valence-electron chi connectivity index (χ2n) is 5.61. The van der Waals surface area contributed by atoms with E-state index in [0.29, 0.717) is 12.6 Å². The Bertz CT molecular complexity index is 436. The van der Waals surface area contributed by atoms with E-state index in [1.807, 2.05) is 6.07 Å². The topological polar surface area (TPSA) is 54.7 Å². The maximum atomic E-state index is 11.3. The molecule has 0 unspecified atom stereocenters. The van der Waals surface area contributed by atoms with Gasteiger partial charge in [0, 0.05) is 6.04 Å². The van der Waals surface area contributed by atoms with E-state index in [1.54, 1.807) is 6.07 Å². The van der Waals surface area contributed by atoms with Crippen LogP contribution >= 0.6 is 0 Å². The Balaban J connectivity index is 1.70. The maximum Gasteiger partial charge on any atom is 0.373 e. The minimum Gasteiger partial charge on any atom is -0.463 e. The minimum atomic E-state index is -0.425. The van der Waals surface area contributed by atoms with Crippen molar-refractivity contribution in [2.45, 2.75) is 45.2 Å².